The summed E-state index contributed by atoms with van der Waals surface area (Å²) in [4.78, 5) is 32.8. The molecule has 1 fully saturated rings. The third-order valence-corrected chi connectivity index (χ3v) is 5.64. The minimum atomic E-state index is -0.532. The zero-order chi connectivity index (χ0) is 18.8. The number of fused-ring (bicyclic) bond motifs is 1. The van der Waals surface area contributed by atoms with Gasteiger partial charge in [0.1, 0.15) is 15.5 Å². The second kappa shape index (κ2) is 7.34. The number of anilines is 2. The zero-order valence-corrected chi connectivity index (χ0v) is 15.4. The lowest BCUT2D eigenvalue weighted by atomic mass is 10.1. The summed E-state index contributed by atoms with van der Waals surface area (Å²) < 4.78 is 0. The van der Waals surface area contributed by atoms with Crippen molar-refractivity contribution in [2.24, 2.45) is 11.6 Å². The Morgan fingerprint density at radius 3 is 2.58 bits per heavy atom. The van der Waals surface area contributed by atoms with Crippen LogP contribution in [-0.2, 0) is 6.42 Å². The van der Waals surface area contributed by atoms with Crippen molar-refractivity contribution in [3.8, 4) is 0 Å². The first-order chi connectivity index (χ1) is 12.5. The first kappa shape index (κ1) is 18.2. The number of carbonyl (C=O) groups excluding carboxylic acids is 2. The van der Waals surface area contributed by atoms with Gasteiger partial charge in [-0.2, -0.15) is 0 Å². The number of nitrogens with zero attached hydrogens (tertiary/aromatic N) is 3. The fourth-order valence-corrected chi connectivity index (χ4v) is 4.21. The number of pyridine rings is 1. The summed E-state index contributed by atoms with van der Waals surface area (Å²) in [7, 11) is 0. The van der Waals surface area contributed by atoms with E-state index in [1.807, 2.05) is 6.07 Å². The lowest BCUT2D eigenvalue weighted by Crippen LogP contribution is -2.53. The van der Waals surface area contributed by atoms with E-state index in [1.165, 1.54) is 11.3 Å². The van der Waals surface area contributed by atoms with Gasteiger partial charge in [-0.1, -0.05) is 13.3 Å². The second-order valence-corrected chi connectivity index (χ2v) is 7.20. The van der Waals surface area contributed by atoms with Crippen LogP contribution in [0.3, 0.4) is 0 Å². The maximum atomic E-state index is 11.6. The molecule has 0 atom stereocenters. The number of rotatable bonds is 4. The molecule has 2 aromatic heterocycles. The summed E-state index contributed by atoms with van der Waals surface area (Å²) in [6.45, 7) is 4.52. The van der Waals surface area contributed by atoms with E-state index in [2.05, 4.69) is 17.2 Å². The molecule has 0 spiro atoms. The summed E-state index contributed by atoms with van der Waals surface area (Å²) in [6, 6.07) is 1.75. The van der Waals surface area contributed by atoms with Gasteiger partial charge in [-0.25, -0.2) is 15.6 Å². The molecule has 2 aromatic rings. The monoisotopic (exact) mass is 377 g/mol. The molecule has 3 rings (SSSR count). The van der Waals surface area contributed by atoms with Crippen molar-refractivity contribution in [2.45, 2.75) is 19.8 Å². The molecule has 3 heterocycles. The van der Waals surface area contributed by atoms with Crippen molar-refractivity contribution >= 4 is 45.0 Å². The fraction of sp³-hybridized carbons (Fsp3) is 0.438. The Hall–Kier alpha value is -2.59. The Balaban J connectivity index is 1.95. The largest absolute Gasteiger partial charge is 0.397 e. The molecule has 0 aliphatic carbocycles. The van der Waals surface area contributed by atoms with Gasteiger partial charge in [-0.15, -0.1) is 11.3 Å². The molecule has 9 nitrogen and oxygen atoms in total. The highest BCUT2D eigenvalue weighted by atomic mass is 32.1. The molecule has 3 amide bonds. The van der Waals surface area contributed by atoms with Crippen LogP contribution in [0.15, 0.2) is 6.07 Å². The minimum absolute atomic E-state index is 0.281. The van der Waals surface area contributed by atoms with E-state index in [-0.39, 0.29) is 6.03 Å². The highest BCUT2D eigenvalue weighted by Crippen LogP contribution is 2.37. The molecular weight excluding hydrogens is 354 g/mol. The minimum Gasteiger partial charge on any atom is -0.397 e. The quantitative estimate of drug-likeness (QED) is 0.350. The lowest BCUT2D eigenvalue weighted by molar-refractivity contribution is 0.100. The summed E-state index contributed by atoms with van der Waals surface area (Å²) in [5.74, 6) is 5.48. The van der Waals surface area contributed by atoms with Gasteiger partial charge >= 0.3 is 6.03 Å². The van der Waals surface area contributed by atoms with Gasteiger partial charge in [0.15, 0.2) is 0 Å². The van der Waals surface area contributed by atoms with Crippen LogP contribution in [0.4, 0.5) is 16.3 Å². The predicted molar refractivity (Wildman–Crippen MR) is 103 cm³/mol. The maximum Gasteiger partial charge on any atom is 0.331 e. The van der Waals surface area contributed by atoms with Crippen molar-refractivity contribution in [3.63, 3.8) is 0 Å². The molecule has 0 bridgehead atoms. The van der Waals surface area contributed by atoms with E-state index in [4.69, 9.17) is 22.3 Å². The molecule has 140 valence electrons. The SMILES string of the molecule is CCCc1cc(N2CCN(C(=O)NN)CC2)nc2sc(C(N)=O)c(N)c12. The summed E-state index contributed by atoms with van der Waals surface area (Å²) >= 11 is 1.23. The summed E-state index contributed by atoms with van der Waals surface area (Å²) in [5.41, 5.74) is 15.2. The molecule has 0 saturated carbocycles. The number of nitrogen functional groups attached to an aromatic ring is 1. The topological polar surface area (TPSA) is 144 Å². The first-order valence-corrected chi connectivity index (χ1v) is 9.30. The van der Waals surface area contributed by atoms with Crippen LogP contribution in [0.5, 0.6) is 0 Å². The molecule has 1 saturated heterocycles. The predicted octanol–water partition coefficient (Wildman–Crippen LogP) is 0.635. The summed E-state index contributed by atoms with van der Waals surface area (Å²) in [6.07, 6.45) is 1.78. The summed E-state index contributed by atoms with van der Waals surface area (Å²) in [5, 5.41) is 0.829. The van der Waals surface area contributed by atoms with Crippen molar-refractivity contribution in [1.29, 1.82) is 0 Å². The number of hydrogen-bond acceptors (Lipinski definition) is 7. The highest BCUT2D eigenvalue weighted by molar-refractivity contribution is 7.21. The Morgan fingerprint density at radius 1 is 1.31 bits per heavy atom. The van der Waals surface area contributed by atoms with Gasteiger partial charge in [-0.3, -0.25) is 10.2 Å². The molecular formula is C16H23N7O2S. The molecule has 1 aliphatic heterocycles. The number of primary amides is 1. The molecule has 7 N–H and O–H groups in total. The average Bonchev–Trinajstić information content (AvgIpc) is 2.98. The number of aromatic nitrogens is 1. The van der Waals surface area contributed by atoms with Gasteiger partial charge in [0.05, 0.1) is 5.69 Å². The number of thiophene rings is 1. The van der Waals surface area contributed by atoms with Crippen molar-refractivity contribution in [3.05, 3.63) is 16.5 Å². The van der Waals surface area contributed by atoms with Crippen molar-refractivity contribution < 1.29 is 9.59 Å². The van der Waals surface area contributed by atoms with Gasteiger partial charge in [0.25, 0.3) is 5.91 Å². The van der Waals surface area contributed by atoms with E-state index < -0.39 is 5.91 Å². The molecule has 0 aromatic carbocycles. The maximum absolute atomic E-state index is 11.6. The third kappa shape index (κ3) is 3.25. The molecule has 1 aliphatic rings. The van der Waals surface area contributed by atoms with E-state index in [9.17, 15) is 9.59 Å². The number of nitrogens with one attached hydrogen (secondary N) is 1. The number of piperazine rings is 1. The Morgan fingerprint density at radius 2 is 2.00 bits per heavy atom. The van der Waals surface area contributed by atoms with E-state index in [0.29, 0.717) is 36.7 Å². The number of hydrazine groups is 1. The number of nitrogens with two attached hydrogens (primary N) is 3. The first-order valence-electron chi connectivity index (χ1n) is 8.48. The van der Waals surface area contributed by atoms with Gasteiger partial charge in [-0.05, 0) is 18.1 Å². The number of aryl methyl sites for hydroxylation is 1. The van der Waals surface area contributed by atoms with E-state index in [1.54, 1.807) is 4.90 Å². The number of amides is 3. The van der Waals surface area contributed by atoms with Crippen LogP contribution < -0.4 is 27.6 Å². The normalized spacial score (nSPS) is 14.7. The van der Waals surface area contributed by atoms with Crippen LogP contribution in [-0.4, -0.2) is 48.0 Å². The van der Waals surface area contributed by atoms with Gasteiger partial charge < -0.3 is 21.3 Å². The van der Waals surface area contributed by atoms with Crippen LogP contribution in [0.1, 0.15) is 28.6 Å². The molecule has 0 radical (unpaired) electrons. The van der Waals surface area contributed by atoms with Crippen molar-refractivity contribution in [1.82, 2.24) is 15.3 Å². The van der Waals surface area contributed by atoms with Crippen molar-refractivity contribution in [2.75, 3.05) is 36.8 Å². The van der Waals surface area contributed by atoms with Crippen LogP contribution in [0, 0.1) is 0 Å². The van der Waals surface area contributed by atoms with Gasteiger partial charge in [0, 0.05) is 31.6 Å². The van der Waals surface area contributed by atoms with E-state index >= 15 is 0 Å². The van der Waals surface area contributed by atoms with E-state index in [0.717, 1.165) is 34.4 Å². The Kier molecular flexibility index (Phi) is 5.14. The smallest absolute Gasteiger partial charge is 0.331 e. The number of urea groups is 1. The molecule has 10 heteroatoms. The number of carbonyl (C=O) groups is 2. The standard InChI is InChI=1S/C16H23N7O2S/c1-2-3-9-8-10(22-4-6-23(7-5-22)16(25)21-19)20-15-11(9)12(17)13(26-15)14(18)24/h8H,2-7,17,19H2,1H3,(H2,18,24)(H,21,25). The number of hydrogen-bond donors (Lipinski definition) is 4. The fourth-order valence-electron chi connectivity index (χ4n) is 3.23. The van der Waals surface area contributed by atoms with Crippen LogP contribution >= 0.6 is 11.3 Å². The molecule has 26 heavy (non-hydrogen) atoms. The second-order valence-electron chi connectivity index (χ2n) is 6.20. The zero-order valence-electron chi connectivity index (χ0n) is 14.6. The Labute approximate surface area is 155 Å². The third-order valence-electron chi connectivity index (χ3n) is 4.52. The highest BCUT2D eigenvalue weighted by Gasteiger charge is 2.24. The lowest BCUT2D eigenvalue weighted by Gasteiger charge is -2.35. The van der Waals surface area contributed by atoms with Gasteiger partial charge in [0.2, 0.25) is 0 Å². The molecule has 0 unspecified atom stereocenters. The van der Waals surface area contributed by atoms with Crippen LogP contribution in [0.25, 0.3) is 10.2 Å². The van der Waals surface area contributed by atoms with Crippen LogP contribution in [0.2, 0.25) is 0 Å². The Bertz CT molecular complexity index is 843. The average molecular weight is 377 g/mol.